The summed E-state index contributed by atoms with van der Waals surface area (Å²) in [5.74, 6) is 1.28. The molecule has 0 bridgehead atoms. The first-order valence-corrected chi connectivity index (χ1v) is 10.9. The predicted octanol–water partition coefficient (Wildman–Crippen LogP) is 2.53. The second-order valence-corrected chi connectivity index (χ2v) is 8.36. The standard InChI is InChI=1S/C24H29N3O4/c1-16-6-8-19(17(2)13-16)25-24(29)26-23(28)15-27-10-3-5-20(27)18-7-9-21-22(14-18)31-12-4-11-30-21/h6-9,13-14,20H,3-5,10-12,15H2,1-2H3,(H2,25,26,28,29)/p+1/t20-/m1/s1. The number of rotatable bonds is 4. The summed E-state index contributed by atoms with van der Waals surface area (Å²) in [6.07, 6.45) is 2.91. The van der Waals surface area contributed by atoms with Crippen LogP contribution in [-0.4, -0.2) is 38.2 Å². The van der Waals surface area contributed by atoms with Crippen molar-refractivity contribution in [2.75, 3.05) is 31.6 Å². The van der Waals surface area contributed by atoms with E-state index in [2.05, 4.69) is 16.7 Å². The Morgan fingerprint density at radius 2 is 1.84 bits per heavy atom. The molecule has 164 valence electrons. The summed E-state index contributed by atoms with van der Waals surface area (Å²) in [5, 5.41) is 5.24. The van der Waals surface area contributed by atoms with Crippen molar-refractivity contribution in [3.8, 4) is 11.5 Å². The quantitative estimate of drug-likeness (QED) is 0.705. The van der Waals surface area contributed by atoms with Crippen molar-refractivity contribution in [2.45, 2.75) is 39.2 Å². The van der Waals surface area contributed by atoms with Crippen LogP contribution >= 0.6 is 0 Å². The van der Waals surface area contributed by atoms with E-state index in [1.165, 1.54) is 0 Å². The van der Waals surface area contributed by atoms with E-state index in [0.717, 1.165) is 58.9 Å². The lowest BCUT2D eigenvalue weighted by Crippen LogP contribution is -3.11. The molecule has 1 saturated heterocycles. The van der Waals surface area contributed by atoms with Gasteiger partial charge in [0.1, 0.15) is 6.04 Å². The van der Waals surface area contributed by atoms with Crippen LogP contribution in [0.3, 0.4) is 0 Å². The van der Waals surface area contributed by atoms with Gasteiger partial charge < -0.3 is 19.7 Å². The number of amides is 3. The highest BCUT2D eigenvalue weighted by Crippen LogP contribution is 2.33. The van der Waals surface area contributed by atoms with Crippen molar-refractivity contribution >= 4 is 17.6 Å². The first kappa shape index (κ1) is 21.2. The average Bonchev–Trinajstić information content (AvgIpc) is 3.05. The fourth-order valence-electron chi connectivity index (χ4n) is 4.41. The lowest BCUT2D eigenvalue weighted by atomic mass is 10.0. The molecular weight excluding hydrogens is 394 g/mol. The number of ether oxygens (including phenoxy) is 2. The molecule has 2 aromatic rings. The molecule has 0 aliphatic carbocycles. The van der Waals surface area contributed by atoms with Gasteiger partial charge in [0.15, 0.2) is 18.0 Å². The zero-order valence-corrected chi connectivity index (χ0v) is 18.1. The van der Waals surface area contributed by atoms with Crippen LogP contribution in [-0.2, 0) is 4.79 Å². The van der Waals surface area contributed by atoms with Crippen molar-refractivity contribution < 1.29 is 24.0 Å². The van der Waals surface area contributed by atoms with Crippen molar-refractivity contribution in [3.63, 3.8) is 0 Å². The fraction of sp³-hybridized carbons (Fsp3) is 0.417. The molecule has 3 N–H and O–H groups in total. The molecule has 4 rings (SSSR count). The number of hydrogen-bond donors (Lipinski definition) is 3. The van der Waals surface area contributed by atoms with Crippen molar-refractivity contribution in [3.05, 3.63) is 53.1 Å². The van der Waals surface area contributed by atoms with E-state index in [0.29, 0.717) is 18.9 Å². The Kier molecular flexibility index (Phi) is 6.42. The van der Waals surface area contributed by atoms with Crippen molar-refractivity contribution in [1.29, 1.82) is 0 Å². The number of anilines is 1. The van der Waals surface area contributed by atoms with E-state index in [1.54, 1.807) is 0 Å². The second-order valence-electron chi connectivity index (χ2n) is 8.36. The molecule has 2 atom stereocenters. The van der Waals surface area contributed by atoms with Gasteiger partial charge in [-0.3, -0.25) is 10.1 Å². The number of likely N-dealkylation sites (tertiary alicyclic amines) is 1. The fourth-order valence-corrected chi connectivity index (χ4v) is 4.41. The number of aryl methyl sites for hydroxylation is 2. The number of nitrogens with one attached hydrogen (secondary N) is 3. The monoisotopic (exact) mass is 424 g/mol. The summed E-state index contributed by atoms with van der Waals surface area (Å²) in [5.41, 5.74) is 3.93. The van der Waals surface area contributed by atoms with Gasteiger partial charge in [-0.2, -0.15) is 0 Å². The molecule has 1 fully saturated rings. The maximum absolute atomic E-state index is 12.6. The van der Waals surface area contributed by atoms with E-state index in [1.807, 2.05) is 44.2 Å². The smallest absolute Gasteiger partial charge is 0.326 e. The van der Waals surface area contributed by atoms with Crippen LogP contribution in [0, 0.1) is 13.8 Å². The van der Waals surface area contributed by atoms with Gasteiger partial charge in [0.05, 0.1) is 19.8 Å². The molecule has 2 aromatic carbocycles. The van der Waals surface area contributed by atoms with E-state index >= 15 is 0 Å². The normalized spacial score (nSPS) is 20.1. The third kappa shape index (κ3) is 5.17. The maximum atomic E-state index is 12.6. The number of fused-ring (bicyclic) bond motifs is 1. The summed E-state index contributed by atoms with van der Waals surface area (Å²) in [7, 11) is 0. The van der Waals surface area contributed by atoms with Crippen LogP contribution in [0.25, 0.3) is 0 Å². The van der Waals surface area contributed by atoms with Gasteiger partial charge in [0.2, 0.25) is 0 Å². The third-order valence-electron chi connectivity index (χ3n) is 5.93. The van der Waals surface area contributed by atoms with Crippen molar-refractivity contribution in [1.82, 2.24) is 5.32 Å². The summed E-state index contributed by atoms with van der Waals surface area (Å²) in [6.45, 7) is 6.38. The third-order valence-corrected chi connectivity index (χ3v) is 5.93. The van der Waals surface area contributed by atoms with E-state index in [-0.39, 0.29) is 18.5 Å². The maximum Gasteiger partial charge on any atom is 0.326 e. The molecule has 7 nitrogen and oxygen atoms in total. The number of urea groups is 1. The Bertz CT molecular complexity index is 975. The minimum atomic E-state index is -0.498. The Balaban J connectivity index is 1.36. The summed E-state index contributed by atoms with van der Waals surface area (Å²) >= 11 is 0. The minimum Gasteiger partial charge on any atom is -0.490 e. The van der Waals surface area contributed by atoms with Gasteiger partial charge in [-0.25, -0.2) is 4.79 Å². The first-order valence-electron chi connectivity index (χ1n) is 10.9. The topological polar surface area (TPSA) is 81.1 Å². The van der Waals surface area contributed by atoms with Crippen LogP contribution < -0.4 is 25.0 Å². The van der Waals surface area contributed by atoms with Gasteiger partial charge >= 0.3 is 6.03 Å². The molecule has 1 unspecified atom stereocenters. The van der Waals surface area contributed by atoms with Gasteiger partial charge in [0.25, 0.3) is 5.91 Å². The lowest BCUT2D eigenvalue weighted by molar-refractivity contribution is -0.910. The molecule has 31 heavy (non-hydrogen) atoms. The number of hydrogen-bond acceptors (Lipinski definition) is 4. The number of carbonyl (C=O) groups excluding carboxylic acids is 2. The molecule has 0 spiro atoms. The number of imide groups is 1. The molecular formula is C24H30N3O4+. The minimum absolute atomic E-state index is 0.199. The predicted molar refractivity (Wildman–Crippen MR) is 118 cm³/mol. The van der Waals surface area contributed by atoms with Crippen LogP contribution in [0.1, 0.15) is 42.0 Å². The van der Waals surface area contributed by atoms with Crippen molar-refractivity contribution in [2.24, 2.45) is 0 Å². The SMILES string of the molecule is Cc1ccc(NC(=O)NC(=O)C[NH+]2CCC[C@@H]2c2ccc3c(c2)OCCCO3)c(C)c1. The summed E-state index contributed by atoms with van der Waals surface area (Å²) in [6, 6.07) is 11.5. The molecule has 7 heteroatoms. The molecule has 3 amide bonds. The molecule has 2 aliphatic heterocycles. The van der Waals surface area contributed by atoms with Gasteiger partial charge in [-0.15, -0.1) is 0 Å². The number of carbonyl (C=O) groups is 2. The second kappa shape index (κ2) is 9.39. The Labute approximate surface area is 182 Å². The summed E-state index contributed by atoms with van der Waals surface area (Å²) in [4.78, 5) is 26.0. The molecule has 0 aromatic heterocycles. The van der Waals surface area contributed by atoms with E-state index in [9.17, 15) is 9.59 Å². The van der Waals surface area contributed by atoms with E-state index in [4.69, 9.17) is 9.47 Å². The average molecular weight is 425 g/mol. The molecule has 0 saturated carbocycles. The molecule has 2 heterocycles. The Morgan fingerprint density at radius 3 is 2.65 bits per heavy atom. The van der Waals surface area contributed by atoms with Crippen LogP contribution in [0.15, 0.2) is 36.4 Å². The summed E-state index contributed by atoms with van der Waals surface area (Å²) < 4.78 is 11.5. The largest absolute Gasteiger partial charge is 0.490 e. The van der Waals surface area contributed by atoms with Gasteiger partial charge in [-0.1, -0.05) is 17.7 Å². The first-order chi connectivity index (χ1) is 15.0. The number of quaternary nitrogens is 1. The molecule has 2 aliphatic rings. The van der Waals surface area contributed by atoms with Crippen LogP contribution in [0.4, 0.5) is 10.5 Å². The van der Waals surface area contributed by atoms with Crippen LogP contribution in [0.5, 0.6) is 11.5 Å². The Hall–Kier alpha value is -3.06. The zero-order chi connectivity index (χ0) is 21.8. The van der Waals surface area contributed by atoms with Crippen LogP contribution in [0.2, 0.25) is 0 Å². The van der Waals surface area contributed by atoms with Gasteiger partial charge in [0, 0.05) is 30.5 Å². The highest BCUT2D eigenvalue weighted by atomic mass is 16.5. The van der Waals surface area contributed by atoms with Gasteiger partial charge in [-0.05, 0) is 43.7 Å². The lowest BCUT2D eigenvalue weighted by Gasteiger charge is -2.22. The zero-order valence-electron chi connectivity index (χ0n) is 18.1. The highest BCUT2D eigenvalue weighted by Gasteiger charge is 2.32. The van der Waals surface area contributed by atoms with E-state index < -0.39 is 6.03 Å². The molecule has 0 radical (unpaired) electrons. The number of benzene rings is 2. The Morgan fingerprint density at radius 1 is 1.03 bits per heavy atom. The highest BCUT2D eigenvalue weighted by molar-refractivity contribution is 6.01.